The number of allylic oxidation sites excluding steroid dienone is 1. The number of carbonyl (C=O) groups is 2. The molecular formula is C21H20N6O2S3. The third kappa shape index (κ3) is 5.06. The number of carbonyl (C=O) groups excluding carboxylic acids is 2. The standard InChI is InChI=1S/C21H20N6O2S3/c1-3-10-27-18(13(2)22-19(29)16-9-6-11-30-16)25-26-21(27)31-12-17(28)24-20-23-14-7-4-5-8-15(14)32-20/h3-9,11,13H,1,10,12H2,2H3,(H,22,29)(H,23,24,28)/t13-/m1/s1. The van der Waals surface area contributed by atoms with Gasteiger partial charge in [-0.25, -0.2) is 4.98 Å². The van der Waals surface area contributed by atoms with Crippen molar-refractivity contribution >= 4 is 61.6 Å². The van der Waals surface area contributed by atoms with Crippen LogP contribution in [0.1, 0.15) is 28.5 Å². The Hall–Kier alpha value is -3.02. The van der Waals surface area contributed by atoms with Gasteiger partial charge in [-0.15, -0.1) is 28.1 Å². The summed E-state index contributed by atoms with van der Waals surface area (Å²) < 4.78 is 2.87. The van der Waals surface area contributed by atoms with E-state index in [1.807, 2.05) is 47.2 Å². The molecule has 11 heteroatoms. The lowest BCUT2D eigenvalue weighted by molar-refractivity contribution is -0.113. The lowest BCUT2D eigenvalue weighted by Crippen LogP contribution is -2.28. The van der Waals surface area contributed by atoms with Crippen LogP contribution >= 0.6 is 34.4 Å². The number of amides is 2. The highest BCUT2D eigenvalue weighted by Gasteiger charge is 2.21. The van der Waals surface area contributed by atoms with E-state index in [1.54, 1.807) is 12.1 Å². The van der Waals surface area contributed by atoms with Gasteiger partial charge in [0.2, 0.25) is 5.91 Å². The molecular weight excluding hydrogens is 464 g/mol. The van der Waals surface area contributed by atoms with Crippen molar-refractivity contribution in [3.8, 4) is 0 Å². The lowest BCUT2D eigenvalue weighted by atomic mass is 10.3. The van der Waals surface area contributed by atoms with Crippen LogP contribution in [0, 0.1) is 0 Å². The van der Waals surface area contributed by atoms with Crippen LogP contribution < -0.4 is 10.6 Å². The number of hydrogen-bond acceptors (Lipinski definition) is 8. The van der Waals surface area contributed by atoms with Crippen molar-refractivity contribution < 1.29 is 9.59 Å². The van der Waals surface area contributed by atoms with E-state index in [0.29, 0.717) is 27.5 Å². The molecule has 0 aliphatic rings. The van der Waals surface area contributed by atoms with Gasteiger partial charge in [0, 0.05) is 6.54 Å². The second-order valence-electron chi connectivity index (χ2n) is 6.74. The van der Waals surface area contributed by atoms with Gasteiger partial charge in [0.05, 0.1) is 26.9 Å². The number of thiophene rings is 1. The fourth-order valence-corrected chi connectivity index (χ4v) is 5.24. The average molecular weight is 485 g/mol. The second kappa shape index (κ2) is 10.1. The van der Waals surface area contributed by atoms with E-state index < -0.39 is 0 Å². The third-order valence-electron chi connectivity index (χ3n) is 4.41. The fraction of sp³-hybridized carbons (Fsp3) is 0.190. The quantitative estimate of drug-likeness (QED) is 0.270. The van der Waals surface area contributed by atoms with Crippen LogP contribution in [0.15, 0.2) is 59.6 Å². The predicted octanol–water partition coefficient (Wildman–Crippen LogP) is 4.36. The first-order valence-electron chi connectivity index (χ1n) is 9.71. The molecule has 0 aliphatic heterocycles. The number of nitrogens with zero attached hydrogens (tertiary/aromatic N) is 4. The third-order valence-corrected chi connectivity index (χ3v) is 7.20. The van der Waals surface area contributed by atoms with Crippen LogP contribution in [-0.4, -0.2) is 37.3 Å². The number of para-hydroxylation sites is 1. The molecule has 0 bridgehead atoms. The topological polar surface area (TPSA) is 102 Å². The Morgan fingerprint density at radius 3 is 2.84 bits per heavy atom. The summed E-state index contributed by atoms with van der Waals surface area (Å²) in [4.78, 5) is 29.9. The van der Waals surface area contributed by atoms with E-state index in [9.17, 15) is 9.59 Å². The van der Waals surface area contributed by atoms with Crippen molar-refractivity contribution in [1.82, 2.24) is 25.1 Å². The van der Waals surface area contributed by atoms with Gasteiger partial charge < -0.3 is 15.2 Å². The SMILES string of the molecule is C=CCn1c(SCC(=O)Nc2nc3ccccc3s2)nnc1[C@@H](C)NC(=O)c1cccs1. The molecule has 32 heavy (non-hydrogen) atoms. The minimum Gasteiger partial charge on any atom is -0.342 e. The van der Waals surface area contributed by atoms with E-state index in [1.165, 1.54) is 34.4 Å². The van der Waals surface area contributed by atoms with E-state index >= 15 is 0 Å². The first-order valence-corrected chi connectivity index (χ1v) is 12.4. The van der Waals surface area contributed by atoms with E-state index in [2.05, 4.69) is 32.4 Å². The highest BCUT2D eigenvalue weighted by Crippen LogP contribution is 2.26. The van der Waals surface area contributed by atoms with Crippen molar-refractivity contribution in [3.63, 3.8) is 0 Å². The molecule has 4 rings (SSSR count). The summed E-state index contributed by atoms with van der Waals surface area (Å²) in [6, 6.07) is 11.0. The molecule has 0 unspecified atom stereocenters. The number of anilines is 1. The summed E-state index contributed by atoms with van der Waals surface area (Å²) in [5.41, 5.74) is 0.856. The molecule has 0 aliphatic carbocycles. The lowest BCUT2D eigenvalue weighted by Gasteiger charge is -2.14. The van der Waals surface area contributed by atoms with Crippen molar-refractivity contribution in [3.05, 3.63) is 65.1 Å². The number of nitrogens with one attached hydrogen (secondary N) is 2. The maximum Gasteiger partial charge on any atom is 0.261 e. The Kier molecular flexibility index (Phi) is 6.98. The molecule has 3 heterocycles. The van der Waals surface area contributed by atoms with Crippen LogP contribution in [-0.2, 0) is 11.3 Å². The van der Waals surface area contributed by atoms with Gasteiger partial charge >= 0.3 is 0 Å². The maximum atomic E-state index is 12.5. The minimum atomic E-state index is -0.358. The molecule has 2 amide bonds. The molecule has 1 aromatic carbocycles. The normalized spacial score (nSPS) is 11.9. The molecule has 2 N–H and O–H groups in total. The molecule has 0 saturated carbocycles. The maximum absolute atomic E-state index is 12.5. The van der Waals surface area contributed by atoms with Crippen LogP contribution in [0.25, 0.3) is 10.2 Å². The zero-order valence-corrected chi connectivity index (χ0v) is 19.6. The number of fused-ring (bicyclic) bond motifs is 1. The Morgan fingerprint density at radius 1 is 1.25 bits per heavy atom. The minimum absolute atomic E-state index is 0.154. The molecule has 164 valence electrons. The molecule has 0 spiro atoms. The van der Waals surface area contributed by atoms with E-state index in [-0.39, 0.29) is 23.6 Å². The van der Waals surface area contributed by atoms with Crippen LogP contribution in [0.5, 0.6) is 0 Å². The summed E-state index contributed by atoms with van der Waals surface area (Å²) in [5.74, 6) is 0.415. The first-order chi connectivity index (χ1) is 15.5. The molecule has 0 saturated heterocycles. The molecule has 0 radical (unpaired) electrons. The second-order valence-corrected chi connectivity index (χ2v) is 9.66. The number of rotatable bonds is 9. The smallest absolute Gasteiger partial charge is 0.261 e. The zero-order valence-electron chi connectivity index (χ0n) is 17.1. The zero-order chi connectivity index (χ0) is 22.5. The number of aromatic nitrogens is 4. The summed E-state index contributed by atoms with van der Waals surface area (Å²) >= 11 is 4.08. The summed E-state index contributed by atoms with van der Waals surface area (Å²) in [7, 11) is 0. The predicted molar refractivity (Wildman–Crippen MR) is 129 cm³/mol. The highest BCUT2D eigenvalue weighted by molar-refractivity contribution is 7.99. The number of thioether (sulfide) groups is 1. The van der Waals surface area contributed by atoms with E-state index in [0.717, 1.165) is 10.2 Å². The summed E-state index contributed by atoms with van der Waals surface area (Å²) in [6.07, 6.45) is 1.73. The summed E-state index contributed by atoms with van der Waals surface area (Å²) in [6.45, 7) is 6.11. The Morgan fingerprint density at radius 2 is 2.09 bits per heavy atom. The number of benzene rings is 1. The summed E-state index contributed by atoms with van der Waals surface area (Å²) in [5, 5.41) is 17.3. The van der Waals surface area contributed by atoms with Gasteiger partial charge in [-0.1, -0.05) is 47.4 Å². The Balaban J connectivity index is 1.40. The van der Waals surface area contributed by atoms with Gasteiger partial charge in [0.25, 0.3) is 5.91 Å². The van der Waals surface area contributed by atoms with Crippen LogP contribution in [0.4, 0.5) is 5.13 Å². The largest absolute Gasteiger partial charge is 0.342 e. The molecule has 4 aromatic rings. The van der Waals surface area contributed by atoms with Crippen LogP contribution in [0.3, 0.4) is 0 Å². The first kappa shape index (κ1) is 22.2. The fourth-order valence-electron chi connectivity index (χ4n) is 2.98. The van der Waals surface area contributed by atoms with Crippen molar-refractivity contribution in [2.24, 2.45) is 0 Å². The van der Waals surface area contributed by atoms with Gasteiger partial charge in [-0.05, 0) is 30.5 Å². The molecule has 1 atom stereocenters. The average Bonchev–Trinajstić information content (AvgIpc) is 3.52. The molecule has 3 aromatic heterocycles. The van der Waals surface area contributed by atoms with E-state index in [4.69, 9.17) is 0 Å². The Labute approximate surface area is 196 Å². The van der Waals surface area contributed by atoms with Gasteiger partial charge in [0.1, 0.15) is 0 Å². The van der Waals surface area contributed by atoms with Gasteiger partial charge in [-0.3, -0.25) is 9.59 Å². The molecule has 0 fully saturated rings. The number of hydrogen-bond donors (Lipinski definition) is 2. The van der Waals surface area contributed by atoms with Crippen molar-refractivity contribution in [2.75, 3.05) is 11.1 Å². The molecule has 8 nitrogen and oxygen atoms in total. The van der Waals surface area contributed by atoms with Gasteiger partial charge in [0.15, 0.2) is 16.1 Å². The van der Waals surface area contributed by atoms with Crippen LogP contribution in [0.2, 0.25) is 0 Å². The van der Waals surface area contributed by atoms with Crippen molar-refractivity contribution in [1.29, 1.82) is 0 Å². The highest BCUT2D eigenvalue weighted by atomic mass is 32.2. The van der Waals surface area contributed by atoms with Crippen molar-refractivity contribution in [2.45, 2.75) is 24.7 Å². The van der Waals surface area contributed by atoms with Gasteiger partial charge in [-0.2, -0.15) is 0 Å². The Bertz CT molecular complexity index is 1210. The monoisotopic (exact) mass is 484 g/mol. The number of thiazole rings is 1.